The highest BCUT2D eigenvalue weighted by atomic mass is 16.5. The van der Waals surface area contributed by atoms with Crippen molar-refractivity contribution >= 4 is 5.91 Å². The highest BCUT2D eigenvalue weighted by Gasteiger charge is 2.40. The number of amides is 1. The molecule has 3 heterocycles. The van der Waals surface area contributed by atoms with E-state index in [0.29, 0.717) is 24.4 Å². The molecule has 1 aromatic carbocycles. The highest BCUT2D eigenvalue weighted by molar-refractivity contribution is 5.73. The minimum atomic E-state index is 0.188. The van der Waals surface area contributed by atoms with Crippen molar-refractivity contribution < 1.29 is 9.53 Å². The van der Waals surface area contributed by atoms with E-state index in [4.69, 9.17) is 4.74 Å². The van der Waals surface area contributed by atoms with E-state index in [1.807, 2.05) is 41.4 Å². The number of piperidine rings is 1. The van der Waals surface area contributed by atoms with Gasteiger partial charge in [-0.05, 0) is 63.7 Å². The Morgan fingerprint density at radius 3 is 2.55 bits per heavy atom. The first-order chi connectivity index (χ1) is 15.0. The SMILES string of the molecule is CCn1ncc(CN2CCC([C@@H]3CN(C(C)=O)C[C@H]3COc3ccccc3)CC2)c1C. The zero-order chi connectivity index (χ0) is 21.8. The van der Waals surface area contributed by atoms with Crippen molar-refractivity contribution in [3.63, 3.8) is 0 Å². The van der Waals surface area contributed by atoms with E-state index in [2.05, 4.69) is 28.5 Å². The summed E-state index contributed by atoms with van der Waals surface area (Å²) in [7, 11) is 0. The van der Waals surface area contributed by atoms with Crippen molar-refractivity contribution in [1.29, 1.82) is 0 Å². The van der Waals surface area contributed by atoms with Crippen molar-refractivity contribution in [2.24, 2.45) is 17.8 Å². The Bertz CT molecular complexity index is 858. The van der Waals surface area contributed by atoms with Crippen LogP contribution in [-0.2, 0) is 17.9 Å². The number of aryl methyl sites for hydroxylation is 1. The molecule has 0 radical (unpaired) electrons. The molecule has 168 valence electrons. The van der Waals surface area contributed by atoms with Crippen LogP contribution in [0.4, 0.5) is 0 Å². The number of nitrogens with zero attached hydrogens (tertiary/aromatic N) is 4. The molecular formula is C25H36N4O2. The van der Waals surface area contributed by atoms with E-state index in [1.54, 1.807) is 6.92 Å². The second kappa shape index (κ2) is 9.86. The molecule has 0 saturated carbocycles. The molecule has 4 rings (SSSR count). The maximum Gasteiger partial charge on any atom is 0.219 e. The molecule has 6 nitrogen and oxygen atoms in total. The predicted octanol–water partition coefficient (Wildman–Crippen LogP) is 3.60. The first-order valence-corrected chi connectivity index (χ1v) is 11.7. The fraction of sp³-hybridized carbons (Fsp3) is 0.600. The van der Waals surface area contributed by atoms with Crippen molar-refractivity contribution in [1.82, 2.24) is 19.6 Å². The van der Waals surface area contributed by atoms with E-state index in [1.165, 1.54) is 24.1 Å². The number of likely N-dealkylation sites (tertiary alicyclic amines) is 2. The summed E-state index contributed by atoms with van der Waals surface area (Å²) in [6, 6.07) is 10.0. The maximum absolute atomic E-state index is 12.1. The summed E-state index contributed by atoms with van der Waals surface area (Å²) in [6.07, 6.45) is 4.42. The second-order valence-corrected chi connectivity index (χ2v) is 9.16. The lowest BCUT2D eigenvalue weighted by atomic mass is 9.78. The Kier molecular flexibility index (Phi) is 6.96. The van der Waals surface area contributed by atoms with Crippen LogP contribution in [0.5, 0.6) is 5.75 Å². The molecule has 1 aromatic heterocycles. The molecule has 2 atom stereocenters. The Morgan fingerprint density at radius 1 is 1.16 bits per heavy atom. The Labute approximate surface area is 186 Å². The highest BCUT2D eigenvalue weighted by Crippen LogP contribution is 2.36. The Morgan fingerprint density at radius 2 is 1.90 bits per heavy atom. The van der Waals surface area contributed by atoms with E-state index >= 15 is 0 Å². The van der Waals surface area contributed by atoms with Gasteiger partial charge in [0.25, 0.3) is 0 Å². The molecule has 1 amide bonds. The van der Waals surface area contributed by atoms with E-state index in [0.717, 1.165) is 45.0 Å². The number of rotatable bonds is 7. The average Bonchev–Trinajstić information content (AvgIpc) is 3.37. The normalized spacial score (nSPS) is 22.7. The Hall–Kier alpha value is -2.34. The second-order valence-electron chi connectivity index (χ2n) is 9.16. The van der Waals surface area contributed by atoms with Gasteiger partial charge in [0.15, 0.2) is 0 Å². The van der Waals surface area contributed by atoms with Crippen LogP contribution >= 0.6 is 0 Å². The molecule has 2 aromatic rings. The van der Waals surface area contributed by atoms with Gasteiger partial charge in [-0.2, -0.15) is 5.10 Å². The number of carbonyl (C=O) groups is 1. The number of para-hydroxylation sites is 1. The summed E-state index contributed by atoms with van der Waals surface area (Å²) in [5.41, 5.74) is 2.63. The predicted molar refractivity (Wildman–Crippen MR) is 122 cm³/mol. The molecule has 2 saturated heterocycles. The first kappa shape index (κ1) is 21.9. The number of hydrogen-bond donors (Lipinski definition) is 0. The number of hydrogen-bond acceptors (Lipinski definition) is 4. The lowest BCUT2D eigenvalue weighted by Gasteiger charge is -2.36. The Balaban J connectivity index is 1.34. The molecule has 0 bridgehead atoms. The third kappa shape index (κ3) is 5.12. The average molecular weight is 425 g/mol. The molecule has 6 heteroatoms. The molecule has 0 aliphatic carbocycles. The smallest absolute Gasteiger partial charge is 0.219 e. The van der Waals surface area contributed by atoms with Crippen LogP contribution in [0.1, 0.15) is 37.9 Å². The van der Waals surface area contributed by atoms with Gasteiger partial charge in [0.05, 0.1) is 12.8 Å². The third-order valence-electron chi connectivity index (χ3n) is 7.28. The zero-order valence-electron chi connectivity index (χ0n) is 19.2. The lowest BCUT2D eigenvalue weighted by Crippen LogP contribution is -2.38. The van der Waals surface area contributed by atoms with Gasteiger partial charge in [0, 0.05) is 50.3 Å². The van der Waals surface area contributed by atoms with Gasteiger partial charge in [-0.3, -0.25) is 14.4 Å². The fourth-order valence-corrected chi connectivity index (χ4v) is 5.32. The quantitative estimate of drug-likeness (QED) is 0.682. The van der Waals surface area contributed by atoms with Crippen molar-refractivity contribution in [3.8, 4) is 5.75 Å². The van der Waals surface area contributed by atoms with E-state index in [-0.39, 0.29) is 5.91 Å². The number of benzene rings is 1. The largest absolute Gasteiger partial charge is 0.493 e. The van der Waals surface area contributed by atoms with Gasteiger partial charge in [0.2, 0.25) is 5.91 Å². The van der Waals surface area contributed by atoms with Crippen LogP contribution in [0.25, 0.3) is 0 Å². The van der Waals surface area contributed by atoms with Crippen molar-refractivity contribution in [2.75, 3.05) is 32.8 Å². The summed E-state index contributed by atoms with van der Waals surface area (Å²) >= 11 is 0. The third-order valence-corrected chi connectivity index (χ3v) is 7.28. The number of carbonyl (C=O) groups excluding carboxylic acids is 1. The first-order valence-electron chi connectivity index (χ1n) is 11.7. The van der Waals surface area contributed by atoms with Gasteiger partial charge < -0.3 is 9.64 Å². The molecule has 0 unspecified atom stereocenters. The summed E-state index contributed by atoms with van der Waals surface area (Å²) in [4.78, 5) is 16.7. The fourth-order valence-electron chi connectivity index (χ4n) is 5.32. The van der Waals surface area contributed by atoms with E-state index < -0.39 is 0 Å². The number of ether oxygens (including phenoxy) is 1. The van der Waals surface area contributed by atoms with Crippen LogP contribution in [0.3, 0.4) is 0 Å². The molecule has 0 N–H and O–H groups in total. The van der Waals surface area contributed by atoms with Crippen LogP contribution in [0.15, 0.2) is 36.5 Å². The van der Waals surface area contributed by atoms with Gasteiger partial charge in [-0.15, -0.1) is 0 Å². The van der Waals surface area contributed by atoms with Crippen LogP contribution in [0, 0.1) is 24.7 Å². The zero-order valence-corrected chi connectivity index (χ0v) is 19.2. The summed E-state index contributed by atoms with van der Waals surface area (Å²) < 4.78 is 8.19. The van der Waals surface area contributed by atoms with Crippen molar-refractivity contribution in [3.05, 3.63) is 47.8 Å². The number of aromatic nitrogens is 2. The molecule has 2 aliphatic heterocycles. The van der Waals surface area contributed by atoms with Gasteiger partial charge in [0.1, 0.15) is 5.75 Å². The molecular weight excluding hydrogens is 388 g/mol. The summed E-state index contributed by atoms with van der Waals surface area (Å²) in [5.74, 6) is 2.70. The van der Waals surface area contributed by atoms with Crippen molar-refractivity contribution in [2.45, 2.75) is 46.7 Å². The molecule has 2 fully saturated rings. The van der Waals surface area contributed by atoms with Gasteiger partial charge in [-0.25, -0.2) is 0 Å². The molecule has 0 spiro atoms. The van der Waals surface area contributed by atoms with Crippen LogP contribution in [-0.4, -0.2) is 58.3 Å². The topological polar surface area (TPSA) is 50.6 Å². The summed E-state index contributed by atoms with van der Waals surface area (Å²) in [5, 5.41) is 4.50. The van der Waals surface area contributed by atoms with E-state index in [9.17, 15) is 4.79 Å². The van der Waals surface area contributed by atoms with Gasteiger partial charge >= 0.3 is 0 Å². The standard InChI is InChI=1S/C25H36N4O2/c1-4-29-19(2)22(14-26-29)15-27-12-10-21(11-13-27)25-17-28(20(3)30)16-23(25)18-31-24-8-6-5-7-9-24/h5-9,14,21,23,25H,4,10-13,15-18H2,1-3H3/t23-,25-/m0/s1. The summed E-state index contributed by atoms with van der Waals surface area (Å²) in [6.45, 7) is 12.5. The molecule has 2 aliphatic rings. The minimum Gasteiger partial charge on any atom is -0.493 e. The lowest BCUT2D eigenvalue weighted by molar-refractivity contribution is -0.128. The monoisotopic (exact) mass is 424 g/mol. The molecule has 31 heavy (non-hydrogen) atoms. The minimum absolute atomic E-state index is 0.188. The maximum atomic E-state index is 12.1. The van der Waals surface area contributed by atoms with Crippen LogP contribution < -0.4 is 4.74 Å². The van der Waals surface area contributed by atoms with Gasteiger partial charge in [-0.1, -0.05) is 18.2 Å². The van der Waals surface area contributed by atoms with Crippen LogP contribution in [0.2, 0.25) is 0 Å².